The Bertz CT molecular complexity index is 1220. The molecule has 1 amide bonds. The van der Waals surface area contributed by atoms with E-state index in [9.17, 15) is 14.4 Å². The van der Waals surface area contributed by atoms with Crippen LogP contribution in [-0.2, 0) is 22.5 Å². The minimum absolute atomic E-state index is 0.108. The summed E-state index contributed by atoms with van der Waals surface area (Å²) in [6.45, 7) is 2.07. The van der Waals surface area contributed by atoms with Gasteiger partial charge in [0, 0.05) is 18.4 Å². The number of amides is 1. The van der Waals surface area contributed by atoms with Gasteiger partial charge in [0.1, 0.15) is 17.8 Å². The maximum atomic E-state index is 12.6. The summed E-state index contributed by atoms with van der Waals surface area (Å²) in [7, 11) is 4.33. The first-order valence-corrected chi connectivity index (χ1v) is 9.94. The molecule has 0 spiro atoms. The molecule has 0 radical (unpaired) electrons. The molecule has 0 bridgehead atoms. The van der Waals surface area contributed by atoms with Gasteiger partial charge in [-0.2, -0.15) is 0 Å². The summed E-state index contributed by atoms with van der Waals surface area (Å²) in [5.41, 5.74) is 1.36. The van der Waals surface area contributed by atoms with E-state index < -0.39 is 11.4 Å². The van der Waals surface area contributed by atoms with Crippen LogP contribution in [0.4, 0.5) is 0 Å². The van der Waals surface area contributed by atoms with Gasteiger partial charge < -0.3 is 24.1 Å². The molecule has 0 atom stereocenters. The summed E-state index contributed by atoms with van der Waals surface area (Å²) < 4.78 is 16.7. The quantitative estimate of drug-likeness (QED) is 0.534. The summed E-state index contributed by atoms with van der Waals surface area (Å²) in [5, 5.41) is 3.10. The molecule has 9 heteroatoms. The molecule has 0 aliphatic rings. The fourth-order valence-corrected chi connectivity index (χ4v) is 3.33. The van der Waals surface area contributed by atoms with Gasteiger partial charge >= 0.3 is 5.97 Å². The van der Waals surface area contributed by atoms with E-state index in [1.54, 1.807) is 33.3 Å². The van der Waals surface area contributed by atoms with E-state index in [2.05, 4.69) is 10.3 Å². The van der Waals surface area contributed by atoms with Gasteiger partial charge in [0.2, 0.25) is 11.3 Å². The number of benzene rings is 1. The fourth-order valence-electron chi connectivity index (χ4n) is 3.33. The number of carbonyl (C=O) groups excluding carboxylic acids is 2. The summed E-state index contributed by atoms with van der Waals surface area (Å²) in [4.78, 5) is 41.6. The van der Waals surface area contributed by atoms with Crippen LogP contribution in [0.3, 0.4) is 0 Å². The highest BCUT2D eigenvalue weighted by Crippen LogP contribution is 2.27. The van der Waals surface area contributed by atoms with Crippen molar-refractivity contribution in [3.8, 4) is 11.5 Å². The van der Waals surface area contributed by atoms with Crippen molar-refractivity contribution < 1.29 is 23.8 Å². The number of carbonyl (C=O) groups is 2. The van der Waals surface area contributed by atoms with Crippen molar-refractivity contribution in [3.63, 3.8) is 0 Å². The third kappa shape index (κ3) is 4.88. The zero-order valence-corrected chi connectivity index (χ0v) is 18.4. The number of ether oxygens (including phenoxy) is 3. The molecule has 168 valence electrons. The topological polar surface area (TPSA) is 109 Å². The van der Waals surface area contributed by atoms with Crippen LogP contribution >= 0.6 is 0 Å². The number of fused-ring (bicyclic) bond motifs is 1. The van der Waals surface area contributed by atoms with Crippen LogP contribution in [0, 0.1) is 6.92 Å². The molecule has 0 saturated carbocycles. The maximum absolute atomic E-state index is 12.6. The number of rotatable bonds is 8. The number of hydrogen-bond acceptors (Lipinski definition) is 7. The first-order valence-electron chi connectivity index (χ1n) is 9.94. The predicted octanol–water partition coefficient (Wildman–Crippen LogP) is 1.87. The van der Waals surface area contributed by atoms with E-state index >= 15 is 0 Å². The van der Waals surface area contributed by atoms with Crippen LogP contribution in [0.5, 0.6) is 11.5 Å². The third-order valence-electron chi connectivity index (χ3n) is 4.96. The van der Waals surface area contributed by atoms with Gasteiger partial charge in [0.05, 0.1) is 26.7 Å². The average molecular weight is 439 g/mol. The highest BCUT2D eigenvalue weighted by atomic mass is 16.5. The zero-order valence-electron chi connectivity index (χ0n) is 18.4. The van der Waals surface area contributed by atoms with E-state index in [1.165, 1.54) is 17.9 Å². The highest BCUT2D eigenvalue weighted by molar-refractivity contribution is 5.93. The number of aromatic nitrogens is 2. The van der Waals surface area contributed by atoms with Crippen molar-refractivity contribution in [2.45, 2.75) is 19.9 Å². The Balaban J connectivity index is 1.76. The maximum Gasteiger partial charge on any atom is 0.343 e. The lowest BCUT2D eigenvalue weighted by atomic mass is 10.1. The van der Waals surface area contributed by atoms with Crippen molar-refractivity contribution >= 4 is 22.9 Å². The lowest BCUT2D eigenvalue weighted by molar-refractivity contribution is -0.121. The predicted molar refractivity (Wildman–Crippen MR) is 118 cm³/mol. The molecule has 0 aliphatic carbocycles. The summed E-state index contributed by atoms with van der Waals surface area (Å²) in [6, 6.07) is 8.84. The van der Waals surface area contributed by atoms with Gasteiger partial charge in [-0.05, 0) is 43.2 Å². The molecular weight excluding hydrogens is 414 g/mol. The Hall–Kier alpha value is -3.88. The number of hydrogen-bond donors (Lipinski definition) is 1. The number of aryl methyl sites for hydroxylation is 1. The van der Waals surface area contributed by atoms with E-state index in [0.717, 1.165) is 5.56 Å². The molecular formula is C23H25N3O6. The molecule has 32 heavy (non-hydrogen) atoms. The van der Waals surface area contributed by atoms with Crippen molar-refractivity contribution in [1.82, 2.24) is 14.9 Å². The lowest BCUT2D eigenvalue weighted by Gasteiger charge is -2.13. The lowest BCUT2D eigenvalue weighted by Crippen LogP contribution is -2.31. The van der Waals surface area contributed by atoms with Gasteiger partial charge in [-0.1, -0.05) is 6.07 Å². The molecule has 0 saturated heterocycles. The van der Waals surface area contributed by atoms with Crippen molar-refractivity contribution in [2.75, 3.05) is 27.9 Å². The van der Waals surface area contributed by atoms with Crippen molar-refractivity contribution in [3.05, 3.63) is 63.6 Å². The second-order valence-electron chi connectivity index (χ2n) is 7.10. The van der Waals surface area contributed by atoms with E-state index in [-0.39, 0.29) is 23.4 Å². The molecule has 3 rings (SSSR count). The zero-order chi connectivity index (χ0) is 23.3. The first kappa shape index (κ1) is 22.8. The highest BCUT2D eigenvalue weighted by Gasteiger charge is 2.18. The first-order chi connectivity index (χ1) is 15.4. The standard InChI is InChI=1S/C23H25N3O6/c1-14-5-7-16-21(28)17(23(29)32-4)12-26(22(16)25-14)13-20(27)24-10-9-15-6-8-18(30-2)19(11-15)31-3/h5-8,11-12H,9-10,13H2,1-4H3,(H,24,27). The molecule has 0 aliphatic heterocycles. The van der Waals surface area contributed by atoms with Crippen LogP contribution < -0.4 is 20.2 Å². The van der Waals surface area contributed by atoms with Crippen LogP contribution in [0.15, 0.2) is 41.3 Å². The molecule has 2 aromatic heterocycles. The average Bonchev–Trinajstić information content (AvgIpc) is 2.80. The molecule has 1 aromatic carbocycles. The number of pyridine rings is 2. The second-order valence-corrected chi connectivity index (χ2v) is 7.10. The van der Waals surface area contributed by atoms with E-state index in [4.69, 9.17) is 14.2 Å². The Morgan fingerprint density at radius 1 is 1.06 bits per heavy atom. The van der Waals surface area contributed by atoms with Gasteiger partial charge in [0.15, 0.2) is 11.5 Å². The van der Waals surface area contributed by atoms with Gasteiger partial charge in [-0.15, -0.1) is 0 Å². The molecule has 3 aromatic rings. The van der Waals surface area contributed by atoms with E-state index in [1.807, 2.05) is 18.2 Å². The van der Waals surface area contributed by atoms with Gasteiger partial charge in [-0.25, -0.2) is 9.78 Å². The summed E-state index contributed by atoms with van der Waals surface area (Å²) >= 11 is 0. The smallest absolute Gasteiger partial charge is 0.343 e. The SMILES string of the molecule is COC(=O)c1cn(CC(=O)NCCc2ccc(OC)c(OC)c2)c2nc(C)ccc2c1=O. The molecule has 0 unspecified atom stereocenters. The van der Waals surface area contributed by atoms with Crippen LogP contribution in [0.1, 0.15) is 21.6 Å². The Morgan fingerprint density at radius 2 is 1.81 bits per heavy atom. The monoisotopic (exact) mass is 439 g/mol. The van der Waals surface area contributed by atoms with Crippen molar-refractivity contribution in [1.29, 1.82) is 0 Å². The van der Waals surface area contributed by atoms with Crippen LogP contribution in [0.25, 0.3) is 11.0 Å². The summed E-state index contributed by atoms with van der Waals surface area (Å²) in [6.07, 6.45) is 1.90. The Labute approximate surface area is 184 Å². The number of nitrogens with zero attached hydrogens (tertiary/aromatic N) is 2. The van der Waals surface area contributed by atoms with E-state index in [0.29, 0.717) is 35.8 Å². The fraction of sp³-hybridized carbons (Fsp3) is 0.304. The normalized spacial score (nSPS) is 10.6. The minimum atomic E-state index is -0.764. The molecule has 9 nitrogen and oxygen atoms in total. The van der Waals surface area contributed by atoms with Crippen LogP contribution in [0.2, 0.25) is 0 Å². The largest absolute Gasteiger partial charge is 0.493 e. The van der Waals surface area contributed by atoms with Crippen LogP contribution in [-0.4, -0.2) is 49.3 Å². The number of esters is 1. The molecule has 0 fully saturated rings. The number of methoxy groups -OCH3 is 3. The Kier molecular flexibility index (Phi) is 7.09. The third-order valence-corrected chi connectivity index (χ3v) is 4.96. The van der Waals surface area contributed by atoms with Crippen molar-refractivity contribution in [2.24, 2.45) is 0 Å². The molecule has 1 N–H and O–H groups in total. The summed E-state index contributed by atoms with van der Waals surface area (Å²) in [5.74, 6) is 0.206. The molecule has 2 heterocycles. The Morgan fingerprint density at radius 3 is 2.50 bits per heavy atom. The van der Waals surface area contributed by atoms with Gasteiger partial charge in [0.25, 0.3) is 0 Å². The second kappa shape index (κ2) is 9.95. The minimum Gasteiger partial charge on any atom is -0.493 e. The van der Waals surface area contributed by atoms with Gasteiger partial charge in [-0.3, -0.25) is 9.59 Å². The number of nitrogens with one attached hydrogen (secondary N) is 1.